The highest BCUT2D eigenvalue weighted by Crippen LogP contribution is 2.22. The summed E-state index contributed by atoms with van der Waals surface area (Å²) in [6.45, 7) is 8.47. The second-order valence-electron chi connectivity index (χ2n) is 17.5. The lowest BCUT2D eigenvalue weighted by molar-refractivity contribution is 0.213. The molecule has 0 aromatic carbocycles. The number of nitrogens with zero attached hydrogens (tertiary/aromatic N) is 3. The first kappa shape index (κ1) is 44.3. The minimum atomic E-state index is -3.48. The van der Waals surface area contributed by atoms with E-state index in [1.165, 1.54) is 178 Å². The highest BCUT2D eigenvalue weighted by molar-refractivity contribution is 7.86. The molecule has 7 rings (SSSR count). The first-order chi connectivity index (χ1) is 25.1. The van der Waals surface area contributed by atoms with Crippen LogP contribution in [0.5, 0.6) is 0 Å². The number of rotatable bonds is 7. The van der Waals surface area contributed by atoms with Crippen LogP contribution in [0.2, 0.25) is 0 Å². The SMILES string of the molecule is C1CCC(NC2CCNCC2)CC1.CN1CCC(N)CC1.CN1CCC(NC2CCCCC2)CC1.NS(=O)(=O)N1CCC(NC2CCCCC2)CC1. The molecule has 0 spiro atoms. The van der Waals surface area contributed by atoms with Gasteiger partial charge in [0, 0.05) is 55.4 Å². The van der Waals surface area contributed by atoms with Crippen LogP contribution >= 0.6 is 0 Å². The average molecular weight is 754 g/mol. The minimum absolute atomic E-state index is 0.469. The van der Waals surface area contributed by atoms with Gasteiger partial charge in [0.15, 0.2) is 0 Å². The van der Waals surface area contributed by atoms with Crippen molar-refractivity contribution in [1.29, 1.82) is 0 Å². The second-order valence-corrected chi connectivity index (χ2v) is 19.0. The van der Waals surface area contributed by atoms with Gasteiger partial charge in [0.05, 0.1) is 0 Å². The zero-order valence-corrected chi connectivity index (χ0v) is 34.5. The fraction of sp³-hybridized carbons (Fsp3) is 1.00. The van der Waals surface area contributed by atoms with Crippen molar-refractivity contribution < 1.29 is 8.42 Å². The van der Waals surface area contributed by atoms with Gasteiger partial charge in [-0.2, -0.15) is 12.7 Å². The van der Waals surface area contributed by atoms with Crippen LogP contribution in [0.4, 0.5) is 0 Å². The van der Waals surface area contributed by atoms with Crippen molar-refractivity contribution in [2.24, 2.45) is 10.9 Å². The maximum absolute atomic E-state index is 11.2. The van der Waals surface area contributed by atoms with Crippen molar-refractivity contribution >= 4 is 10.2 Å². The molecule has 4 heterocycles. The molecule has 306 valence electrons. The van der Waals surface area contributed by atoms with Gasteiger partial charge in [-0.25, -0.2) is 5.14 Å². The van der Waals surface area contributed by atoms with Crippen molar-refractivity contribution in [3.05, 3.63) is 0 Å². The lowest BCUT2D eigenvalue weighted by Crippen LogP contribution is -2.49. The quantitative estimate of drug-likeness (QED) is 0.225. The van der Waals surface area contributed by atoms with Gasteiger partial charge < -0.3 is 36.8 Å². The average Bonchev–Trinajstić information content (AvgIpc) is 3.16. The summed E-state index contributed by atoms with van der Waals surface area (Å²) in [6, 6.07) is 4.91. The summed E-state index contributed by atoms with van der Waals surface area (Å²) in [4.78, 5) is 4.77. The van der Waals surface area contributed by atoms with Crippen LogP contribution in [0.3, 0.4) is 0 Å². The molecule has 0 atom stereocenters. The van der Waals surface area contributed by atoms with Gasteiger partial charge in [-0.15, -0.1) is 0 Å². The molecule has 8 N–H and O–H groups in total. The van der Waals surface area contributed by atoms with Crippen molar-refractivity contribution in [3.8, 4) is 0 Å². The van der Waals surface area contributed by atoms with E-state index in [0.717, 1.165) is 37.0 Å². The van der Waals surface area contributed by atoms with E-state index in [4.69, 9.17) is 10.9 Å². The molecule has 11 nitrogen and oxygen atoms in total. The van der Waals surface area contributed by atoms with Crippen molar-refractivity contribution in [1.82, 2.24) is 35.4 Å². The van der Waals surface area contributed by atoms with Gasteiger partial charge in [-0.05, 0) is 143 Å². The fourth-order valence-electron chi connectivity index (χ4n) is 9.28. The Morgan fingerprint density at radius 1 is 0.462 bits per heavy atom. The Labute approximate surface area is 320 Å². The van der Waals surface area contributed by atoms with Crippen LogP contribution in [0.15, 0.2) is 0 Å². The summed E-state index contributed by atoms with van der Waals surface area (Å²) in [5.41, 5.74) is 5.67. The third kappa shape index (κ3) is 18.5. The molecule has 52 heavy (non-hydrogen) atoms. The molecule has 0 bridgehead atoms. The van der Waals surface area contributed by atoms with Crippen LogP contribution < -0.4 is 32.1 Å². The molecule has 3 saturated carbocycles. The molecular weight excluding hydrogens is 671 g/mol. The summed E-state index contributed by atoms with van der Waals surface area (Å²) in [5.74, 6) is 0. The topological polar surface area (TPSA) is 144 Å². The highest BCUT2D eigenvalue weighted by atomic mass is 32.2. The Bertz CT molecular complexity index is 965. The minimum Gasteiger partial charge on any atom is -0.328 e. The Balaban J connectivity index is 0.000000159. The number of likely N-dealkylation sites (tertiary alicyclic amines) is 2. The first-order valence-electron chi connectivity index (χ1n) is 22.0. The summed E-state index contributed by atoms with van der Waals surface area (Å²) in [6.07, 6.45) is 30.5. The van der Waals surface area contributed by atoms with Crippen LogP contribution in [-0.4, -0.2) is 131 Å². The van der Waals surface area contributed by atoms with E-state index < -0.39 is 10.2 Å². The highest BCUT2D eigenvalue weighted by Gasteiger charge is 2.27. The zero-order chi connectivity index (χ0) is 37.0. The molecule has 4 saturated heterocycles. The molecule has 4 aliphatic heterocycles. The third-order valence-electron chi connectivity index (χ3n) is 12.9. The van der Waals surface area contributed by atoms with Gasteiger partial charge in [0.2, 0.25) is 0 Å². The Hall–Kier alpha value is -0.410. The summed E-state index contributed by atoms with van der Waals surface area (Å²) in [5, 5.41) is 19.9. The predicted molar refractivity (Wildman–Crippen MR) is 219 cm³/mol. The Morgan fingerprint density at radius 2 is 0.769 bits per heavy atom. The normalized spacial score (nSPS) is 27.1. The summed E-state index contributed by atoms with van der Waals surface area (Å²) < 4.78 is 23.7. The molecule has 0 unspecified atom stereocenters. The van der Waals surface area contributed by atoms with E-state index in [1.807, 2.05) is 0 Å². The molecule has 3 aliphatic carbocycles. The van der Waals surface area contributed by atoms with Crippen LogP contribution in [0.1, 0.15) is 148 Å². The smallest absolute Gasteiger partial charge is 0.276 e. The van der Waals surface area contributed by atoms with Crippen molar-refractivity contribution in [2.75, 3.05) is 66.5 Å². The molecule has 0 radical (unpaired) electrons. The maximum atomic E-state index is 11.2. The maximum Gasteiger partial charge on any atom is 0.276 e. The number of hydrogen-bond donors (Lipinski definition) is 6. The molecule has 0 amide bonds. The van der Waals surface area contributed by atoms with Gasteiger partial charge in [0.25, 0.3) is 10.2 Å². The monoisotopic (exact) mass is 754 g/mol. The van der Waals surface area contributed by atoms with Gasteiger partial charge in [0.1, 0.15) is 0 Å². The second kappa shape index (κ2) is 25.0. The van der Waals surface area contributed by atoms with E-state index in [2.05, 4.69) is 45.2 Å². The van der Waals surface area contributed by atoms with Gasteiger partial charge >= 0.3 is 0 Å². The third-order valence-corrected chi connectivity index (χ3v) is 13.9. The summed E-state index contributed by atoms with van der Waals surface area (Å²) >= 11 is 0. The van der Waals surface area contributed by atoms with E-state index in [-0.39, 0.29) is 0 Å². The number of hydrogen-bond acceptors (Lipinski definition) is 9. The van der Waals surface area contributed by atoms with Gasteiger partial charge in [-0.1, -0.05) is 57.8 Å². The van der Waals surface area contributed by atoms with Crippen molar-refractivity contribution in [3.63, 3.8) is 0 Å². The van der Waals surface area contributed by atoms with E-state index in [9.17, 15) is 8.42 Å². The molecular formula is C40H83N9O2S. The number of piperidine rings is 4. The van der Waals surface area contributed by atoms with E-state index in [0.29, 0.717) is 31.2 Å². The predicted octanol–water partition coefficient (Wildman–Crippen LogP) is 4.28. The molecule has 0 aromatic heterocycles. The van der Waals surface area contributed by atoms with Crippen LogP contribution in [0, 0.1) is 0 Å². The Morgan fingerprint density at radius 3 is 1.12 bits per heavy atom. The number of nitrogens with two attached hydrogens (primary N) is 2. The molecule has 0 aromatic rings. The fourth-order valence-corrected chi connectivity index (χ4v) is 10.00. The molecule has 7 aliphatic rings. The molecule has 12 heteroatoms. The van der Waals surface area contributed by atoms with E-state index in [1.54, 1.807) is 0 Å². The lowest BCUT2D eigenvalue weighted by Gasteiger charge is -2.34. The van der Waals surface area contributed by atoms with Crippen molar-refractivity contribution in [2.45, 2.75) is 190 Å². The Kier molecular flexibility index (Phi) is 21.3. The van der Waals surface area contributed by atoms with E-state index >= 15 is 0 Å². The zero-order valence-electron chi connectivity index (χ0n) is 33.7. The van der Waals surface area contributed by atoms with Crippen LogP contribution in [0.25, 0.3) is 0 Å². The van der Waals surface area contributed by atoms with Crippen LogP contribution in [-0.2, 0) is 10.2 Å². The number of nitrogens with one attached hydrogen (secondary N) is 4. The summed E-state index contributed by atoms with van der Waals surface area (Å²) in [7, 11) is 0.901. The first-order valence-corrected chi connectivity index (χ1v) is 23.5. The molecule has 7 fully saturated rings. The van der Waals surface area contributed by atoms with Gasteiger partial charge in [-0.3, -0.25) is 0 Å². The standard InChI is InChI=1S/C12H24N2.C11H23N3O2S.C11H22N2.C6H14N2/c1-14-9-7-12(8-10-14)13-11-5-3-2-4-6-11;12-17(15,16)14-8-6-11(7-9-14)13-10-4-2-1-3-5-10;1-2-4-10(5-3-1)13-11-6-8-12-9-7-11;1-8-4-2-6(7)3-5-8/h11-13H,2-10H2,1H3;10-11,13H,1-9H2,(H2,12,15,16);10-13H,1-9H2;6H,2-5,7H2,1H3. The largest absolute Gasteiger partial charge is 0.328 e. The lowest BCUT2D eigenvalue weighted by atomic mass is 9.93.